The smallest absolute Gasteiger partial charge is 0.234 e. The summed E-state index contributed by atoms with van der Waals surface area (Å²) in [5.74, 6) is 0.604. The Hall–Kier alpha value is -1.34. The number of benzene rings is 1. The third-order valence-corrected chi connectivity index (χ3v) is 2.90. The van der Waals surface area contributed by atoms with Crippen LogP contribution < -0.4 is 15.4 Å². The minimum Gasteiger partial charge on any atom is -0.491 e. The summed E-state index contributed by atoms with van der Waals surface area (Å²) >= 11 is 0. The van der Waals surface area contributed by atoms with E-state index >= 15 is 0 Å². The first-order valence-electron chi connectivity index (χ1n) is 7.44. The highest BCUT2D eigenvalue weighted by atomic mass is 35.5. The number of aliphatic hydroxyl groups excluding tert-OH is 1. The van der Waals surface area contributed by atoms with Crippen molar-refractivity contribution in [2.24, 2.45) is 0 Å². The van der Waals surface area contributed by atoms with E-state index in [2.05, 4.69) is 10.6 Å². The van der Waals surface area contributed by atoms with Crippen LogP contribution in [0.15, 0.2) is 24.3 Å². The predicted molar refractivity (Wildman–Crippen MR) is 92.2 cm³/mol. The third kappa shape index (κ3) is 9.40. The topological polar surface area (TPSA) is 79.8 Å². The number of ether oxygens (including phenoxy) is 2. The fraction of sp³-hybridized carbons (Fsp3) is 0.562. The Balaban J connectivity index is 0.00000484. The van der Waals surface area contributed by atoms with Crippen LogP contribution in [-0.2, 0) is 9.53 Å². The van der Waals surface area contributed by atoms with Gasteiger partial charge in [-0.3, -0.25) is 4.79 Å². The van der Waals surface area contributed by atoms with Crippen LogP contribution in [-0.4, -0.2) is 50.5 Å². The Morgan fingerprint density at radius 3 is 2.48 bits per heavy atom. The van der Waals surface area contributed by atoms with Crippen molar-refractivity contribution in [2.75, 3.05) is 33.4 Å². The summed E-state index contributed by atoms with van der Waals surface area (Å²) < 4.78 is 10.4. The third-order valence-electron chi connectivity index (χ3n) is 2.90. The molecule has 0 saturated carbocycles. The van der Waals surface area contributed by atoms with Crippen LogP contribution in [0.3, 0.4) is 0 Å². The average Bonchev–Trinajstić information content (AvgIpc) is 2.49. The highest BCUT2D eigenvalue weighted by molar-refractivity contribution is 5.85. The molecule has 23 heavy (non-hydrogen) atoms. The molecule has 1 rings (SSSR count). The molecule has 3 N–H and O–H groups in total. The largest absolute Gasteiger partial charge is 0.491 e. The Labute approximate surface area is 144 Å². The number of hydrogen-bond donors (Lipinski definition) is 3. The number of halogens is 1. The Kier molecular flexibility index (Phi) is 11.4. The van der Waals surface area contributed by atoms with E-state index < -0.39 is 6.10 Å². The van der Waals surface area contributed by atoms with Crippen LogP contribution >= 0.6 is 12.4 Å². The van der Waals surface area contributed by atoms with Crippen LogP contribution in [0.2, 0.25) is 0 Å². The van der Waals surface area contributed by atoms with E-state index in [0.29, 0.717) is 13.2 Å². The van der Waals surface area contributed by atoms with Crippen LogP contribution in [0.25, 0.3) is 0 Å². The molecule has 0 aliphatic rings. The van der Waals surface area contributed by atoms with Gasteiger partial charge < -0.3 is 25.2 Å². The fourth-order valence-corrected chi connectivity index (χ4v) is 1.81. The van der Waals surface area contributed by atoms with Crippen molar-refractivity contribution in [2.45, 2.75) is 26.1 Å². The van der Waals surface area contributed by atoms with E-state index in [9.17, 15) is 9.90 Å². The Morgan fingerprint density at radius 2 is 1.91 bits per heavy atom. The van der Waals surface area contributed by atoms with Gasteiger partial charge in [-0.1, -0.05) is 12.1 Å². The number of amides is 1. The number of aliphatic hydroxyl groups is 1. The van der Waals surface area contributed by atoms with E-state index in [1.54, 1.807) is 19.2 Å². The van der Waals surface area contributed by atoms with Gasteiger partial charge in [-0.05, 0) is 31.5 Å². The summed E-state index contributed by atoms with van der Waals surface area (Å²) in [6.45, 7) is 5.47. The second-order valence-corrected chi connectivity index (χ2v) is 5.23. The van der Waals surface area contributed by atoms with Crippen molar-refractivity contribution in [1.82, 2.24) is 10.6 Å². The van der Waals surface area contributed by atoms with Gasteiger partial charge in [0, 0.05) is 20.2 Å². The van der Waals surface area contributed by atoms with Gasteiger partial charge in [-0.15, -0.1) is 12.4 Å². The fourth-order valence-electron chi connectivity index (χ4n) is 1.81. The van der Waals surface area contributed by atoms with E-state index in [0.717, 1.165) is 11.3 Å². The van der Waals surface area contributed by atoms with Gasteiger partial charge in [0.25, 0.3) is 0 Å². The van der Waals surface area contributed by atoms with Gasteiger partial charge >= 0.3 is 0 Å². The molecule has 0 saturated heterocycles. The van der Waals surface area contributed by atoms with Crippen LogP contribution in [0.5, 0.6) is 5.75 Å². The molecule has 0 aliphatic heterocycles. The maximum Gasteiger partial charge on any atom is 0.234 e. The van der Waals surface area contributed by atoms with Crippen molar-refractivity contribution < 1.29 is 19.4 Å². The number of hydrogen-bond acceptors (Lipinski definition) is 5. The van der Waals surface area contributed by atoms with Gasteiger partial charge in [0.15, 0.2) is 0 Å². The number of carbonyl (C=O) groups is 1. The molecule has 1 aromatic carbocycles. The molecule has 7 heteroatoms. The molecular formula is C16H27ClN2O4. The van der Waals surface area contributed by atoms with Gasteiger partial charge in [-0.2, -0.15) is 0 Å². The molecule has 132 valence electrons. The second kappa shape index (κ2) is 12.1. The normalized spacial score (nSPS) is 11.7. The molecule has 0 radical (unpaired) electrons. The summed E-state index contributed by atoms with van der Waals surface area (Å²) in [7, 11) is 1.61. The van der Waals surface area contributed by atoms with E-state index in [1.165, 1.54) is 0 Å². The quantitative estimate of drug-likeness (QED) is 0.556. The standard InChI is InChI=1S/C16H26N2O4.ClH/c1-12(2)22-14-6-4-13(5-7-14)15(19)10-18-16(20)11-17-8-9-21-3;/h4-7,12,15,17,19H,8-11H2,1-3H3,(H,18,20);1H. The van der Waals surface area contributed by atoms with E-state index in [4.69, 9.17) is 9.47 Å². The zero-order valence-electron chi connectivity index (χ0n) is 13.9. The van der Waals surface area contributed by atoms with Crippen molar-refractivity contribution in [1.29, 1.82) is 0 Å². The lowest BCUT2D eigenvalue weighted by Gasteiger charge is -2.14. The summed E-state index contributed by atoms with van der Waals surface area (Å²) in [5, 5.41) is 15.7. The molecule has 0 aliphatic carbocycles. The number of methoxy groups -OCH3 is 1. The lowest BCUT2D eigenvalue weighted by molar-refractivity contribution is -0.120. The zero-order valence-corrected chi connectivity index (χ0v) is 14.7. The van der Waals surface area contributed by atoms with Crippen LogP contribution in [0.4, 0.5) is 0 Å². The molecule has 0 heterocycles. The Bertz CT molecular complexity index is 440. The van der Waals surface area contributed by atoms with Crippen molar-refractivity contribution in [3.8, 4) is 5.75 Å². The maximum absolute atomic E-state index is 11.6. The summed E-state index contributed by atoms with van der Waals surface area (Å²) in [4.78, 5) is 11.6. The SMILES string of the molecule is COCCNCC(=O)NCC(O)c1ccc(OC(C)C)cc1.Cl. The van der Waals surface area contributed by atoms with Crippen LogP contribution in [0.1, 0.15) is 25.5 Å². The first-order valence-corrected chi connectivity index (χ1v) is 7.44. The first-order chi connectivity index (χ1) is 10.5. The maximum atomic E-state index is 11.6. The van der Waals surface area contributed by atoms with Crippen LogP contribution in [0, 0.1) is 0 Å². The molecular weight excluding hydrogens is 320 g/mol. The van der Waals surface area contributed by atoms with Crippen molar-refractivity contribution in [3.63, 3.8) is 0 Å². The molecule has 0 aromatic heterocycles. The minimum absolute atomic E-state index is 0. The molecule has 6 nitrogen and oxygen atoms in total. The van der Waals surface area contributed by atoms with E-state index in [-0.39, 0.29) is 37.5 Å². The van der Waals surface area contributed by atoms with Gasteiger partial charge in [0.2, 0.25) is 5.91 Å². The molecule has 0 fully saturated rings. The lowest BCUT2D eigenvalue weighted by Crippen LogP contribution is -2.37. The number of carbonyl (C=O) groups excluding carboxylic acids is 1. The molecule has 1 atom stereocenters. The number of nitrogens with one attached hydrogen (secondary N) is 2. The molecule has 0 bridgehead atoms. The van der Waals surface area contributed by atoms with Gasteiger partial charge in [-0.25, -0.2) is 0 Å². The molecule has 1 aromatic rings. The monoisotopic (exact) mass is 346 g/mol. The summed E-state index contributed by atoms with van der Waals surface area (Å²) in [6.07, 6.45) is -0.628. The summed E-state index contributed by atoms with van der Waals surface area (Å²) in [5.41, 5.74) is 0.740. The zero-order chi connectivity index (χ0) is 16.4. The Morgan fingerprint density at radius 1 is 1.26 bits per heavy atom. The van der Waals surface area contributed by atoms with Gasteiger partial charge in [0.1, 0.15) is 5.75 Å². The number of rotatable bonds is 10. The molecule has 1 unspecified atom stereocenters. The van der Waals surface area contributed by atoms with Gasteiger partial charge in [0.05, 0.1) is 25.4 Å². The van der Waals surface area contributed by atoms with Crippen molar-refractivity contribution >= 4 is 18.3 Å². The highest BCUT2D eigenvalue weighted by Crippen LogP contribution is 2.18. The predicted octanol–water partition coefficient (Wildman–Crippen LogP) is 1.28. The highest BCUT2D eigenvalue weighted by Gasteiger charge is 2.09. The van der Waals surface area contributed by atoms with Crippen molar-refractivity contribution in [3.05, 3.63) is 29.8 Å². The second-order valence-electron chi connectivity index (χ2n) is 5.23. The lowest BCUT2D eigenvalue weighted by atomic mass is 10.1. The molecule has 0 spiro atoms. The average molecular weight is 347 g/mol. The summed E-state index contributed by atoms with van der Waals surface area (Å²) in [6, 6.07) is 7.22. The molecule has 1 amide bonds. The van der Waals surface area contributed by atoms with E-state index in [1.807, 2.05) is 26.0 Å². The first kappa shape index (κ1) is 21.7. The minimum atomic E-state index is -0.740.